The van der Waals surface area contributed by atoms with E-state index in [9.17, 15) is 18.9 Å². The molecule has 0 N–H and O–H groups in total. The lowest BCUT2D eigenvalue weighted by atomic mass is 10.3. The normalized spacial score (nSPS) is 9.65. The van der Waals surface area contributed by atoms with Gasteiger partial charge in [0.15, 0.2) is 0 Å². The number of hydrogen-bond acceptors (Lipinski definition) is 4. The number of rotatable bonds is 3. The van der Waals surface area contributed by atoms with Crippen LogP contribution in [0.5, 0.6) is 11.5 Å². The zero-order valence-electron chi connectivity index (χ0n) is 12.0. The van der Waals surface area contributed by atoms with Gasteiger partial charge in [-0.25, -0.2) is 4.39 Å². The van der Waals surface area contributed by atoms with E-state index in [-0.39, 0.29) is 16.6 Å². The van der Waals surface area contributed by atoms with Gasteiger partial charge in [0.05, 0.1) is 29.2 Å². The van der Waals surface area contributed by atoms with Crippen molar-refractivity contribution in [3.8, 4) is 11.5 Å². The largest absolute Gasteiger partial charge is 0.495 e. The average molecular weight is 366 g/mol. The molecule has 0 aliphatic rings. The molecule has 0 amide bonds. The lowest BCUT2D eigenvalue weighted by Crippen LogP contribution is -1.94. The van der Waals surface area contributed by atoms with Crippen molar-refractivity contribution >= 4 is 28.9 Å². The molecule has 0 bridgehead atoms. The first-order chi connectivity index (χ1) is 10.8. The summed E-state index contributed by atoms with van der Waals surface area (Å²) in [5, 5.41) is 10.7. The molecule has 0 fully saturated rings. The SMILES string of the molecule is COc1cc(F)c([N+](=O)[O-])cc1Cl.COc1cc(F)ccc1Cl. The number of nitro benzene ring substituents is 1. The third kappa shape index (κ3) is 5.22. The first kappa shape index (κ1) is 18.9. The molecule has 124 valence electrons. The van der Waals surface area contributed by atoms with Crippen LogP contribution in [-0.4, -0.2) is 19.1 Å². The van der Waals surface area contributed by atoms with Crippen molar-refractivity contribution in [3.63, 3.8) is 0 Å². The molecule has 0 spiro atoms. The summed E-state index contributed by atoms with van der Waals surface area (Å²) in [5.74, 6) is -0.876. The van der Waals surface area contributed by atoms with Crippen LogP contribution < -0.4 is 9.47 Å². The van der Waals surface area contributed by atoms with E-state index >= 15 is 0 Å². The molecule has 0 atom stereocenters. The van der Waals surface area contributed by atoms with Gasteiger partial charge < -0.3 is 9.47 Å². The van der Waals surface area contributed by atoms with Gasteiger partial charge in [-0.3, -0.25) is 10.1 Å². The maximum absolute atomic E-state index is 12.9. The summed E-state index contributed by atoms with van der Waals surface area (Å²) in [6.45, 7) is 0. The first-order valence-corrected chi connectivity index (χ1v) is 6.72. The fourth-order valence-corrected chi connectivity index (χ4v) is 1.88. The van der Waals surface area contributed by atoms with E-state index in [4.69, 9.17) is 27.9 Å². The highest BCUT2D eigenvalue weighted by Crippen LogP contribution is 2.30. The molecular weight excluding hydrogens is 355 g/mol. The smallest absolute Gasteiger partial charge is 0.306 e. The summed E-state index contributed by atoms with van der Waals surface area (Å²) in [6.07, 6.45) is 0. The quantitative estimate of drug-likeness (QED) is 0.574. The molecule has 0 radical (unpaired) electrons. The second kappa shape index (κ2) is 8.50. The maximum atomic E-state index is 12.9. The number of benzene rings is 2. The molecule has 2 aromatic rings. The standard InChI is InChI=1S/C7H5ClFNO3.C7H6ClFO/c1-13-7-3-5(9)6(10(11)12)2-4(7)8;1-10-7-4-5(9)2-3-6(7)8/h2-3H,1H3;2-4H,1H3. The highest BCUT2D eigenvalue weighted by atomic mass is 35.5. The van der Waals surface area contributed by atoms with Crippen molar-refractivity contribution in [2.45, 2.75) is 0 Å². The summed E-state index contributed by atoms with van der Waals surface area (Å²) in [4.78, 5) is 9.39. The predicted octanol–water partition coefficient (Wildman–Crippen LogP) is 4.88. The lowest BCUT2D eigenvalue weighted by Gasteiger charge is -2.02. The van der Waals surface area contributed by atoms with E-state index in [1.54, 1.807) is 0 Å². The number of nitrogens with zero attached hydrogens (tertiary/aromatic N) is 1. The van der Waals surface area contributed by atoms with Crippen LogP contribution in [-0.2, 0) is 0 Å². The van der Waals surface area contributed by atoms with Crippen LogP contribution in [0.2, 0.25) is 10.0 Å². The second-order valence-electron chi connectivity index (χ2n) is 3.97. The average Bonchev–Trinajstić information content (AvgIpc) is 2.51. The molecule has 0 heterocycles. The van der Waals surface area contributed by atoms with Gasteiger partial charge in [0.1, 0.15) is 17.3 Å². The molecule has 9 heteroatoms. The number of halogens is 4. The summed E-state index contributed by atoms with van der Waals surface area (Å²) in [7, 11) is 2.74. The van der Waals surface area contributed by atoms with Crippen LogP contribution in [0.1, 0.15) is 0 Å². The molecule has 0 aliphatic carbocycles. The van der Waals surface area contributed by atoms with Crippen LogP contribution in [0.15, 0.2) is 30.3 Å². The van der Waals surface area contributed by atoms with E-state index in [1.165, 1.54) is 32.4 Å². The van der Waals surface area contributed by atoms with Gasteiger partial charge in [0.2, 0.25) is 5.82 Å². The van der Waals surface area contributed by atoms with E-state index < -0.39 is 16.4 Å². The van der Waals surface area contributed by atoms with Crippen LogP contribution in [0.25, 0.3) is 0 Å². The molecule has 0 saturated carbocycles. The Kier molecular flexibility index (Phi) is 6.99. The van der Waals surface area contributed by atoms with Gasteiger partial charge in [-0.15, -0.1) is 0 Å². The van der Waals surface area contributed by atoms with E-state index in [1.807, 2.05) is 0 Å². The lowest BCUT2D eigenvalue weighted by molar-refractivity contribution is -0.387. The summed E-state index contributed by atoms with van der Waals surface area (Å²) in [5.41, 5.74) is -0.661. The summed E-state index contributed by atoms with van der Waals surface area (Å²) >= 11 is 11.2. The minimum Gasteiger partial charge on any atom is -0.495 e. The number of methoxy groups -OCH3 is 2. The molecule has 0 aromatic heterocycles. The molecule has 2 rings (SSSR count). The molecule has 5 nitrogen and oxygen atoms in total. The van der Waals surface area contributed by atoms with Gasteiger partial charge in [-0.1, -0.05) is 23.2 Å². The molecule has 0 saturated heterocycles. The van der Waals surface area contributed by atoms with Crippen LogP contribution in [0.4, 0.5) is 14.5 Å². The van der Waals surface area contributed by atoms with Gasteiger partial charge in [0.25, 0.3) is 0 Å². The third-order valence-electron chi connectivity index (χ3n) is 2.53. The minimum absolute atomic E-state index is 0.00981. The monoisotopic (exact) mass is 365 g/mol. The highest BCUT2D eigenvalue weighted by Gasteiger charge is 2.17. The van der Waals surface area contributed by atoms with E-state index in [0.717, 1.165) is 12.1 Å². The minimum atomic E-state index is -0.966. The Labute approximate surface area is 140 Å². The maximum Gasteiger partial charge on any atom is 0.306 e. The van der Waals surface area contributed by atoms with Crippen molar-refractivity contribution in [1.82, 2.24) is 0 Å². The Hall–Kier alpha value is -2.12. The van der Waals surface area contributed by atoms with Gasteiger partial charge in [-0.05, 0) is 12.1 Å². The Bertz CT molecular complexity index is 713. The fourth-order valence-electron chi connectivity index (χ4n) is 1.45. The van der Waals surface area contributed by atoms with E-state index in [0.29, 0.717) is 10.8 Å². The molecular formula is C14H11Cl2F2NO4. The summed E-state index contributed by atoms with van der Waals surface area (Å²) < 4.78 is 34.7. The molecule has 0 unspecified atom stereocenters. The Morgan fingerprint density at radius 1 is 1.00 bits per heavy atom. The van der Waals surface area contributed by atoms with Gasteiger partial charge in [-0.2, -0.15) is 4.39 Å². The van der Waals surface area contributed by atoms with Crippen LogP contribution >= 0.6 is 23.2 Å². The topological polar surface area (TPSA) is 61.6 Å². The number of ether oxygens (including phenoxy) is 2. The van der Waals surface area contributed by atoms with Gasteiger partial charge >= 0.3 is 5.69 Å². The fraction of sp³-hybridized carbons (Fsp3) is 0.143. The Morgan fingerprint density at radius 2 is 1.57 bits per heavy atom. The number of nitro groups is 1. The molecule has 2 aromatic carbocycles. The Morgan fingerprint density at radius 3 is 2.04 bits per heavy atom. The van der Waals surface area contributed by atoms with Crippen molar-refractivity contribution in [2.75, 3.05) is 14.2 Å². The van der Waals surface area contributed by atoms with Crippen molar-refractivity contribution in [1.29, 1.82) is 0 Å². The third-order valence-corrected chi connectivity index (χ3v) is 3.14. The van der Waals surface area contributed by atoms with Crippen molar-refractivity contribution in [3.05, 3.63) is 62.1 Å². The number of hydrogen-bond donors (Lipinski definition) is 0. The molecule has 0 aliphatic heterocycles. The van der Waals surface area contributed by atoms with Crippen molar-refractivity contribution < 1.29 is 23.2 Å². The van der Waals surface area contributed by atoms with Crippen LogP contribution in [0, 0.1) is 21.7 Å². The second-order valence-corrected chi connectivity index (χ2v) is 4.79. The first-order valence-electron chi connectivity index (χ1n) is 5.96. The molecule has 23 heavy (non-hydrogen) atoms. The van der Waals surface area contributed by atoms with Crippen LogP contribution in [0.3, 0.4) is 0 Å². The summed E-state index contributed by atoms with van der Waals surface area (Å²) in [6, 6.07) is 5.76. The van der Waals surface area contributed by atoms with Crippen molar-refractivity contribution in [2.24, 2.45) is 0 Å². The zero-order chi connectivity index (χ0) is 17.6. The Balaban J connectivity index is 0.000000238. The predicted molar refractivity (Wildman–Crippen MR) is 82.6 cm³/mol. The van der Waals surface area contributed by atoms with Gasteiger partial charge in [0, 0.05) is 18.2 Å². The highest BCUT2D eigenvalue weighted by molar-refractivity contribution is 6.32. The zero-order valence-corrected chi connectivity index (χ0v) is 13.5. The van der Waals surface area contributed by atoms with E-state index in [2.05, 4.69) is 4.74 Å².